The molecule has 1 aliphatic rings. The molecule has 0 radical (unpaired) electrons. The number of hydrogen-bond acceptors (Lipinski definition) is 4. The van der Waals surface area contributed by atoms with E-state index in [1.165, 1.54) is 7.11 Å². The van der Waals surface area contributed by atoms with Crippen molar-refractivity contribution in [2.45, 2.75) is 31.2 Å². The summed E-state index contributed by atoms with van der Waals surface area (Å²) in [5.41, 5.74) is 0.894. The molecule has 7 heteroatoms. The highest BCUT2D eigenvalue weighted by atomic mass is 32.2. The fourth-order valence-corrected chi connectivity index (χ4v) is 4.93. The number of ether oxygens (including phenoxy) is 1. The highest BCUT2D eigenvalue weighted by molar-refractivity contribution is 7.89. The number of imidazole rings is 1. The molecule has 2 aromatic rings. The summed E-state index contributed by atoms with van der Waals surface area (Å²) in [6.07, 6.45) is 6.19. The zero-order valence-corrected chi connectivity index (χ0v) is 15.0. The molecule has 1 fully saturated rings. The minimum absolute atomic E-state index is 0.0897. The third-order valence-corrected chi connectivity index (χ3v) is 6.61. The lowest BCUT2D eigenvalue weighted by molar-refractivity contribution is 0.200. The Morgan fingerprint density at radius 2 is 2.12 bits per heavy atom. The van der Waals surface area contributed by atoms with E-state index in [0.29, 0.717) is 24.8 Å². The quantitative estimate of drug-likeness (QED) is 0.851. The van der Waals surface area contributed by atoms with Gasteiger partial charge in [-0.05, 0) is 37.0 Å². The zero-order valence-electron chi connectivity index (χ0n) is 14.2. The monoisotopic (exact) mass is 349 g/mol. The van der Waals surface area contributed by atoms with Crippen LogP contribution in [-0.2, 0) is 10.0 Å². The fourth-order valence-electron chi connectivity index (χ4n) is 3.22. The van der Waals surface area contributed by atoms with Crippen molar-refractivity contribution in [2.75, 3.05) is 20.2 Å². The Kier molecular flexibility index (Phi) is 4.64. The molecule has 2 heterocycles. The summed E-state index contributed by atoms with van der Waals surface area (Å²) >= 11 is 0. The summed E-state index contributed by atoms with van der Waals surface area (Å²) in [5.74, 6) is 0.781. The standard InChI is InChI=1S/C17H23N3O3S/c1-13-4-5-16(23-3)17(10-13)24(21,22)20-8-6-14(2)15(11-20)19-9-7-18-12-19/h4-5,7,9-10,12,14-15H,6,8,11H2,1-3H3. The van der Waals surface area contributed by atoms with Crippen LogP contribution in [0.1, 0.15) is 24.9 Å². The second-order valence-corrected chi connectivity index (χ2v) is 8.27. The Labute approximate surface area is 143 Å². The third-order valence-electron chi connectivity index (χ3n) is 4.73. The van der Waals surface area contributed by atoms with Crippen LogP contribution in [0, 0.1) is 12.8 Å². The van der Waals surface area contributed by atoms with Gasteiger partial charge in [-0.15, -0.1) is 0 Å². The number of hydrogen-bond donors (Lipinski definition) is 0. The molecule has 0 bridgehead atoms. The third kappa shape index (κ3) is 3.06. The molecule has 3 rings (SSSR count). The van der Waals surface area contributed by atoms with E-state index in [4.69, 9.17) is 4.74 Å². The SMILES string of the molecule is COc1ccc(C)cc1S(=O)(=O)N1CCC(C)C(n2ccnc2)C1. The molecule has 6 nitrogen and oxygen atoms in total. The van der Waals surface area contributed by atoms with E-state index < -0.39 is 10.0 Å². The van der Waals surface area contributed by atoms with Crippen LogP contribution in [0.25, 0.3) is 0 Å². The predicted molar refractivity (Wildman–Crippen MR) is 91.5 cm³/mol. The lowest BCUT2D eigenvalue weighted by atomic mass is 9.95. The Hall–Kier alpha value is -1.86. The van der Waals surface area contributed by atoms with Gasteiger partial charge in [-0.2, -0.15) is 4.31 Å². The molecule has 0 amide bonds. The second kappa shape index (κ2) is 6.57. The first-order valence-electron chi connectivity index (χ1n) is 8.05. The van der Waals surface area contributed by atoms with Crippen molar-refractivity contribution < 1.29 is 13.2 Å². The molecule has 2 atom stereocenters. The maximum absolute atomic E-state index is 13.2. The van der Waals surface area contributed by atoms with Gasteiger partial charge in [-0.1, -0.05) is 13.0 Å². The second-order valence-electron chi connectivity index (χ2n) is 6.36. The molecule has 0 saturated carbocycles. The van der Waals surface area contributed by atoms with Gasteiger partial charge < -0.3 is 9.30 Å². The first kappa shape index (κ1) is 17.0. The minimum Gasteiger partial charge on any atom is -0.495 e. The Morgan fingerprint density at radius 1 is 1.33 bits per heavy atom. The van der Waals surface area contributed by atoms with Crippen LogP contribution < -0.4 is 4.74 Å². The van der Waals surface area contributed by atoms with E-state index in [0.717, 1.165) is 12.0 Å². The molecule has 0 aliphatic carbocycles. The molecule has 24 heavy (non-hydrogen) atoms. The zero-order chi connectivity index (χ0) is 17.3. The van der Waals surface area contributed by atoms with Gasteiger partial charge in [0.25, 0.3) is 0 Å². The molecule has 1 aromatic heterocycles. The Balaban J connectivity index is 1.94. The minimum atomic E-state index is -3.60. The van der Waals surface area contributed by atoms with Gasteiger partial charge in [0.2, 0.25) is 10.0 Å². The lowest BCUT2D eigenvalue weighted by Gasteiger charge is -2.37. The lowest BCUT2D eigenvalue weighted by Crippen LogP contribution is -2.43. The van der Waals surface area contributed by atoms with E-state index in [9.17, 15) is 8.42 Å². The van der Waals surface area contributed by atoms with Crippen molar-refractivity contribution in [3.05, 3.63) is 42.5 Å². The van der Waals surface area contributed by atoms with Crippen LogP contribution in [-0.4, -0.2) is 42.5 Å². The molecule has 2 unspecified atom stereocenters. The van der Waals surface area contributed by atoms with Crippen molar-refractivity contribution in [2.24, 2.45) is 5.92 Å². The molecule has 1 saturated heterocycles. The normalized spacial score (nSPS) is 22.5. The van der Waals surface area contributed by atoms with Gasteiger partial charge in [0.15, 0.2) is 0 Å². The van der Waals surface area contributed by atoms with E-state index in [1.54, 1.807) is 29.0 Å². The van der Waals surface area contributed by atoms with Crippen LogP contribution >= 0.6 is 0 Å². The largest absolute Gasteiger partial charge is 0.495 e. The number of benzene rings is 1. The molecular formula is C17H23N3O3S. The number of aromatic nitrogens is 2. The smallest absolute Gasteiger partial charge is 0.246 e. The van der Waals surface area contributed by atoms with E-state index in [-0.39, 0.29) is 10.9 Å². The summed E-state index contributed by atoms with van der Waals surface area (Å²) in [7, 11) is -2.10. The average Bonchev–Trinajstić information content (AvgIpc) is 3.09. The number of sulfonamides is 1. The highest BCUT2D eigenvalue weighted by Crippen LogP contribution is 2.34. The summed E-state index contributed by atoms with van der Waals surface area (Å²) in [5, 5.41) is 0. The van der Waals surface area contributed by atoms with Crippen LogP contribution in [0.2, 0.25) is 0 Å². The van der Waals surface area contributed by atoms with Gasteiger partial charge >= 0.3 is 0 Å². The van der Waals surface area contributed by atoms with Crippen molar-refractivity contribution in [1.29, 1.82) is 0 Å². The van der Waals surface area contributed by atoms with Crippen LogP contribution in [0.3, 0.4) is 0 Å². The first-order chi connectivity index (χ1) is 11.4. The number of methoxy groups -OCH3 is 1. The molecule has 1 aliphatic heterocycles. The number of nitrogens with zero attached hydrogens (tertiary/aromatic N) is 3. The summed E-state index contributed by atoms with van der Waals surface area (Å²) in [4.78, 5) is 4.33. The van der Waals surface area contributed by atoms with Gasteiger partial charge in [0.05, 0.1) is 19.5 Å². The molecule has 0 spiro atoms. The van der Waals surface area contributed by atoms with Gasteiger partial charge in [-0.25, -0.2) is 13.4 Å². The van der Waals surface area contributed by atoms with Crippen LogP contribution in [0.5, 0.6) is 5.75 Å². The average molecular weight is 349 g/mol. The van der Waals surface area contributed by atoms with Crippen molar-refractivity contribution in [3.63, 3.8) is 0 Å². The maximum Gasteiger partial charge on any atom is 0.246 e. The number of rotatable bonds is 4. The van der Waals surface area contributed by atoms with Gasteiger partial charge in [0, 0.05) is 25.5 Å². The molecule has 1 aromatic carbocycles. The summed E-state index contributed by atoms with van der Waals surface area (Å²) < 4.78 is 35.2. The topological polar surface area (TPSA) is 64.4 Å². The Morgan fingerprint density at radius 3 is 2.79 bits per heavy atom. The van der Waals surface area contributed by atoms with E-state index in [1.807, 2.05) is 23.8 Å². The van der Waals surface area contributed by atoms with Crippen molar-refractivity contribution >= 4 is 10.0 Å². The van der Waals surface area contributed by atoms with Gasteiger partial charge in [-0.3, -0.25) is 0 Å². The first-order valence-corrected chi connectivity index (χ1v) is 9.49. The van der Waals surface area contributed by atoms with E-state index in [2.05, 4.69) is 11.9 Å². The summed E-state index contributed by atoms with van der Waals surface area (Å²) in [6, 6.07) is 5.33. The molecule has 130 valence electrons. The van der Waals surface area contributed by atoms with E-state index >= 15 is 0 Å². The highest BCUT2D eigenvalue weighted by Gasteiger charge is 2.35. The molecular weight excluding hydrogens is 326 g/mol. The van der Waals surface area contributed by atoms with Crippen molar-refractivity contribution in [3.8, 4) is 5.75 Å². The Bertz CT molecular complexity index is 802. The van der Waals surface area contributed by atoms with Gasteiger partial charge in [0.1, 0.15) is 10.6 Å². The van der Waals surface area contributed by atoms with Crippen LogP contribution in [0.15, 0.2) is 41.8 Å². The maximum atomic E-state index is 13.2. The summed E-state index contributed by atoms with van der Waals surface area (Å²) in [6.45, 7) is 5.00. The number of aryl methyl sites for hydroxylation is 1. The van der Waals surface area contributed by atoms with Crippen molar-refractivity contribution in [1.82, 2.24) is 13.9 Å². The molecule has 0 N–H and O–H groups in total. The fraction of sp³-hybridized carbons (Fsp3) is 0.471. The van der Waals surface area contributed by atoms with Crippen LogP contribution in [0.4, 0.5) is 0 Å². The number of piperidine rings is 1. The predicted octanol–water partition coefficient (Wildman–Crippen LogP) is 2.47.